The molecule has 0 aliphatic carbocycles. The average Bonchev–Trinajstić information content (AvgIpc) is 2.95. The van der Waals surface area contributed by atoms with Gasteiger partial charge in [-0.3, -0.25) is 13.9 Å². The van der Waals surface area contributed by atoms with E-state index in [4.69, 9.17) is 46.4 Å². The van der Waals surface area contributed by atoms with Gasteiger partial charge in [0.15, 0.2) is 0 Å². The molecule has 0 fully saturated rings. The van der Waals surface area contributed by atoms with E-state index in [0.717, 1.165) is 4.31 Å². The quantitative estimate of drug-likeness (QED) is 0.223. The van der Waals surface area contributed by atoms with E-state index in [9.17, 15) is 18.0 Å². The first kappa shape index (κ1) is 33.0. The van der Waals surface area contributed by atoms with Crippen molar-refractivity contribution in [1.82, 2.24) is 10.2 Å². The minimum atomic E-state index is -4.30. The smallest absolute Gasteiger partial charge is 0.264 e. The molecule has 0 bridgehead atoms. The number of hydrogen-bond acceptors (Lipinski definition) is 4. The second-order valence-electron chi connectivity index (χ2n) is 9.36. The van der Waals surface area contributed by atoms with E-state index in [1.807, 2.05) is 13.8 Å². The number of carbonyl (C=O) groups is 2. The maximum atomic E-state index is 14.2. The van der Waals surface area contributed by atoms with Crippen LogP contribution in [-0.4, -0.2) is 43.8 Å². The Kier molecular flexibility index (Phi) is 11.8. The normalized spacial score (nSPS) is 12.9. The lowest BCUT2D eigenvalue weighted by atomic mass is 10.1. The van der Waals surface area contributed by atoms with Crippen molar-refractivity contribution in [3.8, 4) is 0 Å². The molecule has 3 rings (SSSR count). The molecule has 7 nitrogen and oxygen atoms in total. The van der Waals surface area contributed by atoms with E-state index in [-0.39, 0.29) is 45.5 Å². The minimum Gasteiger partial charge on any atom is -0.352 e. The molecule has 0 radical (unpaired) electrons. The van der Waals surface area contributed by atoms with Crippen molar-refractivity contribution in [2.75, 3.05) is 10.8 Å². The summed E-state index contributed by atoms with van der Waals surface area (Å²) in [5, 5.41) is 3.61. The van der Waals surface area contributed by atoms with Crippen molar-refractivity contribution in [3.63, 3.8) is 0 Å². The molecule has 0 spiro atoms. The van der Waals surface area contributed by atoms with Crippen LogP contribution in [0.2, 0.25) is 20.1 Å². The van der Waals surface area contributed by atoms with Crippen LogP contribution in [0.25, 0.3) is 0 Å². The Morgan fingerprint density at radius 2 is 1.41 bits per heavy atom. The zero-order valence-corrected chi connectivity index (χ0v) is 26.6. The van der Waals surface area contributed by atoms with Crippen LogP contribution in [0.1, 0.15) is 39.2 Å². The summed E-state index contributed by atoms with van der Waals surface area (Å²) in [4.78, 5) is 28.8. The summed E-state index contributed by atoms with van der Waals surface area (Å²) < 4.78 is 28.7. The Bertz CT molecular complexity index is 1470. The Hall–Kier alpha value is -2.49. The maximum Gasteiger partial charge on any atom is 0.264 e. The number of nitrogens with one attached hydrogen (secondary N) is 1. The van der Waals surface area contributed by atoms with Crippen LogP contribution in [0, 0.1) is 0 Å². The first-order chi connectivity index (χ1) is 19.4. The van der Waals surface area contributed by atoms with Crippen molar-refractivity contribution in [2.24, 2.45) is 0 Å². The molecule has 3 aromatic carbocycles. The van der Waals surface area contributed by atoms with Crippen molar-refractivity contribution < 1.29 is 18.0 Å². The van der Waals surface area contributed by atoms with Crippen molar-refractivity contribution >= 4 is 73.9 Å². The molecule has 2 amide bonds. The highest BCUT2D eigenvalue weighted by atomic mass is 35.5. The third-order valence-corrected chi connectivity index (χ3v) is 9.88. The zero-order valence-electron chi connectivity index (χ0n) is 22.8. The SMILES string of the molecule is CC[C@H](C)NC(=O)[C@H](CC)N(Cc1c(Cl)cccc1Cl)C(=O)CN(c1cccc(Cl)c1Cl)S(=O)(=O)c1ccccc1. The number of amides is 2. The van der Waals surface area contributed by atoms with E-state index < -0.39 is 28.5 Å². The van der Waals surface area contributed by atoms with Gasteiger partial charge in [0, 0.05) is 28.2 Å². The van der Waals surface area contributed by atoms with Crippen LogP contribution in [0.15, 0.2) is 71.6 Å². The number of anilines is 1. The van der Waals surface area contributed by atoms with Gasteiger partial charge in [-0.25, -0.2) is 8.42 Å². The number of carbonyl (C=O) groups excluding carboxylic acids is 2. The summed E-state index contributed by atoms with van der Waals surface area (Å²) in [7, 11) is -4.30. The largest absolute Gasteiger partial charge is 0.352 e. The van der Waals surface area contributed by atoms with Crippen molar-refractivity contribution in [1.29, 1.82) is 0 Å². The average molecular weight is 659 g/mol. The Morgan fingerprint density at radius 3 is 2.00 bits per heavy atom. The highest BCUT2D eigenvalue weighted by Crippen LogP contribution is 2.36. The van der Waals surface area contributed by atoms with Crippen LogP contribution < -0.4 is 9.62 Å². The molecule has 0 heterocycles. The van der Waals surface area contributed by atoms with E-state index >= 15 is 0 Å². The lowest BCUT2D eigenvalue weighted by Crippen LogP contribution is -2.53. The summed E-state index contributed by atoms with van der Waals surface area (Å²) in [6.45, 7) is 4.75. The number of halogens is 4. The number of rotatable bonds is 12. The monoisotopic (exact) mass is 657 g/mol. The van der Waals surface area contributed by atoms with Crippen molar-refractivity contribution in [3.05, 3.63) is 92.4 Å². The van der Waals surface area contributed by atoms with Gasteiger partial charge in [0.2, 0.25) is 11.8 Å². The first-order valence-electron chi connectivity index (χ1n) is 13.0. The van der Waals surface area contributed by atoms with Gasteiger partial charge in [-0.2, -0.15) is 0 Å². The molecule has 0 unspecified atom stereocenters. The standard InChI is InChI=1S/C29H31Cl4N3O4S/c1-4-19(3)34-29(38)25(5-2)35(17-21-22(30)13-9-14-23(21)31)27(37)18-36(26-16-10-15-24(32)28(26)33)41(39,40)20-11-7-6-8-12-20/h6-16,19,25H,4-5,17-18H2,1-3H3,(H,34,38)/t19-,25-/m0/s1. The molecule has 0 aliphatic heterocycles. The third-order valence-electron chi connectivity index (χ3n) is 6.59. The molecule has 0 aliphatic rings. The summed E-state index contributed by atoms with van der Waals surface area (Å²) in [5.74, 6) is -1.04. The van der Waals surface area contributed by atoms with Crippen LogP contribution in [0.4, 0.5) is 5.69 Å². The van der Waals surface area contributed by atoms with Gasteiger partial charge in [0.05, 0.1) is 20.6 Å². The molecule has 1 N–H and O–H groups in total. The van der Waals surface area contributed by atoms with Crippen LogP contribution in [0.3, 0.4) is 0 Å². The Morgan fingerprint density at radius 1 is 0.829 bits per heavy atom. The van der Waals surface area contributed by atoms with Gasteiger partial charge in [-0.15, -0.1) is 0 Å². The molecule has 0 saturated heterocycles. The number of benzene rings is 3. The highest BCUT2D eigenvalue weighted by molar-refractivity contribution is 7.92. The number of nitrogens with zero attached hydrogens (tertiary/aromatic N) is 2. The molecule has 2 atom stereocenters. The van der Waals surface area contributed by atoms with Gasteiger partial charge in [-0.1, -0.05) is 90.6 Å². The number of hydrogen-bond donors (Lipinski definition) is 1. The Labute approximate surface area is 261 Å². The topological polar surface area (TPSA) is 86.8 Å². The molecular formula is C29H31Cl4N3O4S. The molecule has 0 saturated carbocycles. The summed E-state index contributed by atoms with van der Waals surface area (Å²) in [5.41, 5.74) is 0.446. The van der Waals surface area contributed by atoms with Gasteiger partial charge in [0.1, 0.15) is 12.6 Å². The fraction of sp³-hybridized carbons (Fsp3) is 0.310. The lowest BCUT2D eigenvalue weighted by Gasteiger charge is -2.34. The molecule has 41 heavy (non-hydrogen) atoms. The molecule has 12 heteroatoms. The van der Waals surface area contributed by atoms with E-state index in [0.29, 0.717) is 22.0 Å². The maximum absolute atomic E-state index is 14.2. The molecule has 3 aromatic rings. The first-order valence-corrected chi connectivity index (χ1v) is 15.9. The second-order valence-corrected chi connectivity index (χ2v) is 12.8. The van der Waals surface area contributed by atoms with Crippen LogP contribution in [-0.2, 0) is 26.2 Å². The van der Waals surface area contributed by atoms with Gasteiger partial charge in [-0.05, 0) is 56.2 Å². The van der Waals surface area contributed by atoms with Gasteiger partial charge >= 0.3 is 0 Å². The summed E-state index contributed by atoms with van der Waals surface area (Å²) in [6, 6.07) is 16.0. The fourth-order valence-electron chi connectivity index (χ4n) is 4.13. The summed E-state index contributed by atoms with van der Waals surface area (Å²) in [6.07, 6.45) is 0.933. The molecule has 220 valence electrons. The fourth-order valence-corrected chi connectivity index (χ4v) is 6.54. The van der Waals surface area contributed by atoms with Gasteiger partial charge < -0.3 is 10.2 Å². The number of sulfonamides is 1. The lowest BCUT2D eigenvalue weighted by molar-refractivity contribution is -0.140. The summed E-state index contributed by atoms with van der Waals surface area (Å²) >= 11 is 25.6. The molecule has 0 aromatic heterocycles. The highest BCUT2D eigenvalue weighted by Gasteiger charge is 2.35. The van der Waals surface area contributed by atoms with E-state index in [2.05, 4.69) is 5.32 Å². The molecular weight excluding hydrogens is 628 g/mol. The van der Waals surface area contributed by atoms with E-state index in [1.54, 1.807) is 43.3 Å². The second kappa shape index (κ2) is 14.6. The van der Waals surface area contributed by atoms with Crippen LogP contribution in [0.5, 0.6) is 0 Å². The predicted octanol–water partition coefficient (Wildman–Crippen LogP) is 7.22. The zero-order chi connectivity index (χ0) is 30.3. The predicted molar refractivity (Wildman–Crippen MR) is 166 cm³/mol. The third kappa shape index (κ3) is 7.87. The Balaban J connectivity index is 2.13. The van der Waals surface area contributed by atoms with Crippen LogP contribution >= 0.6 is 46.4 Å². The minimum absolute atomic E-state index is 0.0178. The van der Waals surface area contributed by atoms with Crippen molar-refractivity contribution in [2.45, 2.75) is 57.1 Å². The van der Waals surface area contributed by atoms with E-state index in [1.165, 1.54) is 35.2 Å². The van der Waals surface area contributed by atoms with Gasteiger partial charge in [0.25, 0.3) is 10.0 Å².